The molecule has 2 aromatic carbocycles. The van der Waals surface area contributed by atoms with Gasteiger partial charge in [-0.15, -0.1) is 0 Å². The topological polar surface area (TPSA) is 56.7 Å². The van der Waals surface area contributed by atoms with Crippen molar-refractivity contribution in [1.29, 1.82) is 0 Å². The molecular formula is C19H21FN4O. The van der Waals surface area contributed by atoms with E-state index in [1.807, 2.05) is 6.07 Å². The largest absolute Gasteiger partial charge is 0.347 e. The van der Waals surface area contributed by atoms with E-state index >= 15 is 0 Å². The van der Waals surface area contributed by atoms with Crippen LogP contribution in [0.25, 0.3) is 0 Å². The van der Waals surface area contributed by atoms with Gasteiger partial charge in [0, 0.05) is 25.8 Å². The summed E-state index contributed by atoms with van der Waals surface area (Å²) in [6, 6.07) is 14.1. The minimum Gasteiger partial charge on any atom is -0.347 e. The van der Waals surface area contributed by atoms with E-state index < -0.39 is 0 Å². The Morgan fingerprint density at radius 2 is 1.88 bits per heavy atom. The van der Waals surface area contributed by atoms with E-state index in [0.29, 0.717) is 11.6 Å². The van der Waals surface area contributed by atoms with Crippen LogP contribution in [-0.2, 0) is 17.8 Å². The Bertz CT molecular complexity index is 773. The van der Waals surface area contributed by atoms with Crippen molar-refractivity contribution in [1.82, 2.24) is 10.2 Å². The monoisotopic (exact) mass is 340 g/mol. The third-order valence-electron chi connectivity index (χ3n) is 4.18. The number of fused-ring (bicyclic) bond motifs is 1. The van der Waals surface area contributed by atoms with Crippen molar-refractivity contribution in [3.63, 3.8) is 0 Å². The molecule has 0 atom stereocenters. The molecule has 5 nitrogen and oxygen atoms in total. The normalized spacial score (nSPS) is 14.0. The molecule has 25 heavy (non-hydrogen) atoms. The Hall–Kier alpha value is -2.89. The van der Waals surface area contributed by atoms with Crippen LogP contribution >= 0.6 is 0 Å². The van der Waals surface area contributed by atoms with Gasteiger partial charge >= 0.3 is 0 Å². The number of benzene rings is 2. The fourth-order valence-corrected chi connectivity index (χ4v) is 2.91. The molecule has 0 fully saturated rings. The lowest BCUT2D eigenvalue weighted by Crippen LogP contribution is -2.46. The first-order valence-electron chi connectivity index (χ1n) is 8.23. The van der Waals surface area contributed by atoms with Crippen LogP contribution in [0, 0.1) is 5.82 Å². The Labute approximate surface area is 146 Å². The number of hydrogen-bond acceptors (Lipinski definition) is 2. The van der Waals surface area contributed by atoms with Crippen molar-refractivity contribution in [2.75, 3.05) is 25.5 Å². The summed E-state index contributed by atoms with van der Waals surface area (Å²) in [6.07, 6.45) is 0.957. The summed E-state index contributed by atoms with van der Waals surface area (Å²) in [6.45, 7) is 1.73. The first-order chi connectivity index (χ1) is 12.2. The quantitative estimate of drug-likeness (QED) is 0.666. The average molecular weight is 340 g/mol. The number of halogens is 1. The van der Waals surface area contributed by atoms with Gasteiger partial charge in [0.25, 0.3) is 0 Å². The fourth-order valence-electron chi connectivity index (χ4n) is 2.91. The van der Waals surface area contributed by atoms with E-state index in [2.05, 4.69) is 38.7 Å². The molecule has 1 aliphatic rings. The van der Waals surface area contributed by atoms with Gasteiger partial charge in [-0.2, -0.15) is 0 Å². The van der Waals surface area contributed by atoms with Gasteiger partial charge in [-0.3, -0.25) is 9.79 Å². The molecule has 130 valence electrons. The number of hydrogen-bond donors (Lipinski definition) is 2. The molecule has 0 saturated heterocycles. The lowest BCUT2D eigenvalue weighted by Gasteiger charge is -2.31. The van der Waals surface area contributed by atoms with Gasteiger partial charge in [0.2, 0.25) is 5.91 Å². The van der Waals surface area contributed by atoms with Gasteiger partial charge in [0.1, 0.15) is 5.82 Å². The number of rotatable bonds is 3. The Kier molecular flexibility index (Phi) is 5.28. The third-order valence-corrected chi connectivity index (χ3v) is 4.18. The van der Waals surface area contributed by atoms with Crippen molar-refractivity contribution in [3.05, 3.63) is 65.5 Å². The highest BCUT2D eigenvalue weighted by molar-refractivity contribution is 5.95. The Morgan fingerprint density at radius 3 is 2.60 bits per heavy atom. The van der Waals surface area contributed by atoms with Crippen molar-refractivity contribution in [2.45, 2.75) is 13.0 Å². The molecule has 0 radical (unpaired) electrons. The standard InChI is InChI=1S/C19H21FN4O/c1-21-19(24-11-10-14-4-2-3-5-15(14)13-24)22-12-18(25)23-17-8-6-16(20)7-9-17/h2-9H,10-13H2,1H3,(H,21,22)(H,23,25). The summed E-state index contributed by atoms with van der Waals surface area (Å²) in [7, 11) is 1.71. The van der Waals surface area contributed by atoms with Crippen LogP contribution in [0.5, 0.6) is 0 Å². The summed E-state index contributed by atoms with van der Waals surface area (Å²) < 4.78 is 12.9. The molecule has 3 rings (SSSR count). The van der Waals surface area contributed by atoms with Gasteiger partial charge in [0.05, 0.1) is 6.54 Å². The molecule has 1 aliphatic heterocycles. The number of anilines is 1. The van der Waals surface area contributed by atoms with E-state index in [1.54, 1.807) is 7.05 Å². The van der Waals surface area contributed by atoms with Crippen LogP contribution in [0.2, 0.25) is 0 Å². The average Bonchev–Trinajstić information content (AvgIpc) is 2.64. The fraction of sp³-hybridized carbons (Fsp3) is 0.263. The second-order valence-electron chi connectivity index (χ2n) is 5.90. The summed E-state index contributed by atoms with van der Waals surface area (Å²) in [5.41, 5.74) is 3.21. The Balaban J connectivity index is 1.54. The van der Waals surface area contributed by atoms with Gasteiger partial charge in [-0.05, 0) is 41.8 Å². The van der Waals surface area contributed by atoms with Crippen LogP contribution in [0.1, 0.15) is 11.1 Å². The van der Waals surface area contributed by atoms with E-state index in [-0.39, 0.29) is 18.3 Å². The molecule has 0 spiro atoms. The van der Waals surface area contributed by atoms with E-state index in [1.165, 1.54) is 35.4 Å². The highest BCUT2D eigenvalue weighted by Crippen LogP contribution is 2.18. The zero-order chi connectivity index (χ0) is 17.6. The summed E-state index contributed by atoms with van der Waals surface area (Å²) >= 11 is 0. The van der Waals surface area contributed by atoms with Crippen LogP contribution in [0.15, 0.2) is 53.5 Å². The molecule has 1 heterocycles. The maximum Gasteiger partial charge on any atom is 0.243 e. The van der Waals surface area contributed by atoms with Crippen molar-refractivity contribution in [2.24, 2.45) is 4.99 Å². The first kappa shape index (κ1) is 17.0. The van der Waals surface area contributed by atoms with E-state index in [0.717, 1.165) is 19.5 Å². The van der Waals surface area contributed by atoms with E-state index in [9.17, 15) is 9.18 Å². The molecule has 0 aromatic heterocycles. The van der Waals surface area contributed by atoms with Gasteiger partial charge < -0.3 is 15.5 Å². The summed E-state index contributed by atoms with van der Waals surface area (Å²) in [4.78, 5) is 18.5. The lowest BCUT2D eigenvalue weighted by atomic mass is 10.0. The number of nitrogens with one attached hydrogen (secondary N) is 2. The summed E-state index contributed by atoms with van der Waals surface area (Å²) in [5.74, 6) is 0.163. The van der Waals surface area contributed by atoms with Crippen molar-refractivity contribution >= 4 is 17.6 Å². The zero-order valence-electron chi connectivity index (χ0n) is 14.1. The van der Waals surface area contributed by atoms with Crippen LogP contribution in [-0.4, -0.2) is 36.9 Å². The zero-order valence-corrected chi connectivity index (χ0v) is 14.1. The van der Waals surface area contributed by atoms with Crippen LogP contribution in [0.4, 0.5) is 10.1 Å². The second-order valence-corrected chi connectivity index (χ2v) is 5.90. The molecule has 0 unspecified atom stereocenters. The minimum atomic E-state index is -0.332. The SMILES string of the molecule is CN=C(NCC(=O)Nc1ccc(F)cc1)N1CCc2ccccc2C1. The first-order valence-corrected chi connectivity index (χ1v) is 8.23. The molecule has 2 aromatic rings. The second kappa shape index (κ2) is 7.79. The van der Waals surface area contributed by atoms with Crippen molar-refractivity contribution in [3.8, 4) is 0 Å². The molecule has 0 aliphatic carbocycles. The highest BCUT2D eigenvalue weighted by atomic mass is 19.1. The predicted octanol–water partition coefficient (Wildman–Crippen LogP) is 2.40. The molecule has 0 bridgehead atoms. The maximum atomic E-state index is 12.9. The third kappa shape index (κ3) is 4.35. The van der Waals surface area contributed by atoms with E-state index in [4.69, 9.17) is 0 Å². The molecule has 1 amide bonds. The molecule has 6 heteroatoms. The number of amides is 1. The minimum absolute atomic E-state index is 0.0994. The van der Waals surface area contributed by atoms with Crippen LogP contribution in [0.3, 0.4) is 0 Å². The number of nitrogens with zero attached hydrogens (tertiary/aromatic N) is 2. The molecule has 2 N–H and O–H groups in total. The highest BCUT2D eigenvalue weighted by Gasteiger charge is 2.19. The lowest BCUT2D eigenvalue weighted by molar-refractivity contribution is -0.115. The van der Waals surface area contributed by atoms with Crippen molar-refractivity contribution < 1.29 is 9.18 Å². The maximum absolute atomic E-state index is 12.9. The smallest absolute Gasteiger partial charge is 0.243 e. The number of aliphatic imine (C=N–C) groups is 1. The molecule has 0 saturated carbocycles. The predicted molar refractivity (Wildman–Crippen MR) is 96.9 cm³/mol. The van der Waals surface area contributed by atoms with Gasteiger partial charge in [-0.25, -0.2) is 4.39 Å². The van der Waals surface area contributed by atoms with Gasteiger partial charge in [0.15, 0.2) is 5.96 Å². The molecular weight excluding hydrogens is 319 g/mol. The Morgan fingerprint density at radius 1 is 1.16 bits per heavy atom. The number of carbonyl (C=O) groups is 1. The van der Waals surface area contributed by atoms with Crippen LogP contribution < -0.4 is 10.6 Å². The number of carbonyl (C=O) groups excluding carboxylic acids is 1. The summed E-state index contributed by atoms with van der Waals surface area (Å²) in [5, 5.41) is 5.82. The van der Waals surface area contributed by atoms with Gasteiger partial charge in [-0.1, -0.05) is 24.3 Å². The number of guanidine groups is 1.